The molecular formula is C39H57Y3-3. The summed E-state index contributed by atoms with van der Waals surface area (Å²) in [6, 6.07) is 4.74. The second-order valence-corrected chi connectivity index (χ2v) is 10.2. The van der Waals surface area contributed by atoms with Crippen LogP contribution >= 0.6 is 0 Å². The number of hydrogen-bond acceptors (Lipinski definition) is 0. The van der Waals surface area contributed by atoms with Crippen molar-refractivity contribution < 1.29 is 98.1 Å². The maximum atomic E-state index is 2.42. The predicted molar refractivity (Wildman–Crippen MR) is 181 cm³/mol. The van der Waals surface area contributed by atoms with E-state index in [1.807, 2.05) is 41.5 Å². The Labute approximate surface area is 338 Å². The summed E-state index contributed by atoms with van der Waals surface area (Å²) >= 11 is 0. The first-order valence-electron chi connectivity index (χ1n) is 14.5. The molecular weight excluding hydrogens is 735 g/mol. The summed E-state index contributed by atoms with van der Waals surface area (Å²) in [6.07, 6.45) is 16.7. The Morgan fingerprint density at radius 2 is 0.667 bits per heavy atom. The molecule has 0 heterocycles. The molecule has 1 aromatic rings. The van der Waals surface area contributed by atoms with Crippen molar-refractivity contribution in [2.24, 2.45) is 0 Å². The molecule has 7 rings (SSSR count). The van der Waals surface area contributed by atoms with Crippen molar-refractivity contribution in [3.05, 3.63) is 125 Å². The third-order valence-corrected chi connectivity index (χ3v) is 7.50. The summed E-state index contributed by atoms with van der Waals surface area (Å²) in [5, 5.41) is 0. The van der Waals surface area contributed by atoms with E-state index in [9.17, 15) is 0 Å². The van der Waals surface area contributed by atoms with Crippen molar-refractivity contribution in [3.8, 4) is 0 Å². The first-order chi connectivity index (χ1) is 17.4. The van der Waals surface area contributed by atoms with E-state index in [4.69, 9.17) is 0 Å². The largest absolute Gasteiger partial charge is 0.358 e. The van der Waals surface area contributed by atoms with E-state index >= 15 is 0 Å². The zero-order valence-electron chi connectivity index (χ0n) is 29.4. The monoisotopic (exact) mass is 792 g/mol. The van der Waals surface area contributed by atoms with Crippen molar-refractivity contribution in [1.29, 1.82) is 0 Å². The van der Waals surface area contributed by atoms with Crippen LogP contribution in [-0.2, 0) is 111 Å². The average molecular weight is 793 g/mol. The molecule has 0 saturated carbocycles. The van der Waals surface area contributed by atoms with E-state index in [1.165, 1.54) is 59.1 Å². The molecule has 0 bridgehead atoms. The maximum absolute atomic E-state index is 2.42. The van der Waals surface area contributed by atoms with Gasteiger partial charge in [-0.15, -0.1) is 0 Å². The summed E-state index contributed by atoms with van der Waals surface area (Å²) in [5.74, 6) is 0. The number of fused-ring (bicyclic) bond motifs is 4. The molecule has 0 aliphatic heterocycles. The van der Waals surface area contributed by atoms with Crippen LogP contribution in [0.3, 0.4) is 0 Å². The van der Waals surface area contributed by atoms with E-state index in [0.29, 0.717) is 0 Å². The van der Waals surface area contributed by atoms with E-state index in [0.717, 1.165) is 12.8 Å². The van der Waals surface area contributed by atoms with Crippen molar-refractivity contribution in [2.75, 3.05) is 0 Å². The Kier molecular flexibility index (Phi) is 27.3. The van der Waals surface area contributed by atoms with Crippen LogP contribution in [0.2, 0.25) is 0 Å². The molecule has 1 aromatic carbocycles. The average Bonchev–Trinajstić information content (AvgIpc) is 3.68. The van der Waals surface area contributed by atoms with Gasteiger partial charge in [-0.3, -0.25) is 0 Å². The minimum atomic E-state index is 0. The minimum absolute atomic E-state index is 0. The molecule has 0 spiro atoms. The van der Waals surface area contributed by atoms with Crippen LogP contribution in [0.4, 0.5) is 0 Å². The Bertz CT molecular complexity index is 1160. The molecule has 3 heteroatoms. The fourth-order valence-electron chi connectivity index (χ4n) is 6.28. The van der Waals surface area contributed by atoms with E-state index in [2.05, 4.69) is 64.1 Å². The van der Waals surface area contributed by atoms with Crippen LogP contribution in [0.1, 0.15) is 117 Å². The smallest absolute Gasteiger partial charge is 0 e. The van der Waals surface area contributed by atoms with Crippen LogP contribution in [0.5, 0.6) is 0 Å². The van der Waals surface area contributed by atoms with E-state index < -0.39 is 0 Å². The van der Waals surface area contributed by atoms with Gasteiger partial charge in [-0.25, -0.2) is 0 Å². The molecule has 225 valence electrons. The summed E-state index contributed by atoms with van der Waals surface area (Å²) in [5.41, 5.74) is 22.0. The van der Waals surface area contributed by atoms with Crippen molar-refractivity contribution in [2.45, 2.75) is 108 Å². The van der Waals surface area contributed by atoms with Gasteiger partial charge in [0.25, 0.3) is 0 Å². The molecule has 0 amide bonds. The molecule has 0 nitrogen and oxygen atoms in total. The number of allylic oxidation sites excluding steroid dienone is 12. The molecule has 6 aliphatic rings. The second kappa shape index (κ2) is 23.1. The summed E-state index contributed by atoms with van der Waals surface area (Å²) in [7, 11) is 0. The van der Waals surface area contributed by atoms with Gasteiger partial charge in [0.05, 0.1) is 0 Å². The Morgan fingerprint density at radius 1 is 0.381 bits per heavy atom. The van der Waals surface area contributed by atoms with E-state index in [1.54, 1.807) is 44.6 Å². The van der Waals surface area contributed by atoms with Crippen LogP contribution in [0, 0.1) is 22.3 Å². The molecule has 0 aromatic heterocycles. The Hall–Kier alpha value is 0.712. The zero-order valence-corrected chi connectivity index (χ0v) is 38.0. The van der Waals surface area contributed by atoms with E-state index in [-0.39, 0.29) is 120 Å². The van der Waals surface area contributed by atoms with Crippen molar-refractivity contribution >= 4 is 12.2 Å². The first kappa shape index (κ1) is 49.6. The first-order valence-corrected chi connectivity index (χ1v) is 14.5. The molecule has 0 fully saturated rings. The summed E-state index contributed by atoms with van der Waals surface area (Å²) in [6.45, 7) is 21.0. The van der Waals surface area contributed by atoms with Crippen LogP contribution < -0.4 is 0 Å². The molecule has 3 radical (unpaired) electrons. The van der Waals surface area contributed by atoms with Crippen LogP contribution in [0.25, 0.3) is 12.2 Å². The van der Waals surface area contributed by atoms with Gasteiger partial charge in [-0.05, 0) is 122 Å². The molecule has 42 heavy (non-hydrogen) atoms. The fraction of sp³-hybridized carbons (Fsp3) is 0.410. The third-order valence-electron chi connectivity index (χ3n) is 7.50. The Balaban J connectivity index is -0.000000262. The van der Waals surface area contributed by atoms with Crippen LogP contribution in [-0.4, -0.2) is 0 Å². The number of hydrogen-bond donors (Lipinski definition) is 0. The summed E-state index contributed by atoms with van der Waals surface area (Å²) < 4.78 is 0. The normalized spacial score (nSPS) is 16.3. The SMILES string of the molecule is CC.CC.CC.CC1=CC2=C(C1)C1=C(C2)C2=C(C=C(C)C2)C1.CC1=Cc2cc3c(cc2C1)C=C(C)C3.[CH3-].[CH3-].[CH3-].[Y].[Y].[Y]. The standard InChI is InChI=1S/C16H16.C14H14.3C2H6.3CH3.3Y/c1-9-3-11-7-16-14-6-10(2)4-12(14)8-15(16)13(11)5-9;1-9-3-11-7-13-5-10(2)6-14(13)8-12(11)4-9;3*1-2;;;;;;/h3-4H,5-8H2,1-2H3;3,6-8H,4-5H2,1-2H3;3*1-2H3;3*1H3;;;/q;;;;;3*-1;;;. The third kappa shape index (κ3) is 10.9. The zero-order chi connectivity index (χ0) is 26.6. The van der Waals surface area contributed by atoms with Crippen LogP contribution in [0.15, 0.2) is 80.0 Å². The number of benzene rings is 1. The van der Waals surface area contributed by atoms with Gasteiger partial charge < -0.3 is 22.3 Å². The van der Waals surface area contributed by atoms with Crippen molar-refractivity contribution in [1.82, 2.24) is 0 Å². The quantitative estimate of drug-likeness (QED) is 0.230. The fourth-order valence-corrected chi connectivity index (χ4v) is 6.28. The molecule has 0 atom stereocenters. The van der Waals surface area contributed by atoms with Gasteiger partial charge in [0, 0.05) is 98.1 Å². The van der Waals surface area contributed by atoms with Gasteiger partial charge in [-0.1, -0.05) is 100 Å². The molecule has 0 saturated heterocycles. The minimum Gasteiger partial charge on any atom is -0.358 e. The predicted octanol–water partition coefficient (Wildman–Crippen LogP) is 12.4. The van der Waals surface area contributed by atoms with Gasteiger partial charge in [0.2, 0.25) is 0 Å². The summed E-state index contributed by atoms with van der Waals surface area (Å²) in [4.78, 5) is 0. The van der Waals surface area contributed by atoms with Gasteiger partial charge in [-0.2, -0.15) is 0 Å². The topological polar surface area (TPSA) is 0 Å². The number of rotatable bonds is 0. The van der Waals surface area contributed by atoms with Gasteiger partial charge in [0.1, 0.15) is 0 Å². The van der Waals surface area contributed by atoms with Crippen molar-refractivity contribution in [3.63, 3.8) is 0 Å². The maximum Gasteiger partial charge on any atom is 0 e. The van der Waals surface area contributed by atoms with Gasteiger partial charge >= 0.3 is 0 Å². The molecule has 0 N–H and O–H groups in total. The molecule has 6 aliphatic carbocycles. The van der Waals surface area contributed by atoms with Gasteiger partial charge in [0.15, 0.2) is 0 Å². The Morgan fingerprint density at radius 3 is 0.976 bits per heavy atom. The second-order valence-electron chi connectivity index (χ2n) is 10.2. The molecule has 0 unspecified atom stereocenters.